The largest absolute Gasteiger partial charge is 0.332 e. The highest BCUT2D eigenvalue weighted by atomic mass is 32.1. The van der Waals surface area contributed by atoms with E-state index in [9.17, 15) is 4.79 Å². The number of aromatic nitrogens is 2. The third-order valence-electron chi connectivity index (χ3n) is 2.81. The van der Waals surface area contributed by atoms with Gasteiger partial charge in [0.05, 0.1) is 17.4 Å². The Morgan fingerprint density at radius 2 is 2.11 bits per heavy atom. The Hall–Kier alpha value is -1.72. The number of fused-ring (bicyclic) bond motifs is 1. The lowest BCUT2D eigenvalue weighted by molar-refractivity contribution is 0.736. The number of aromatic amines is 1. The molecule has 0 radical (unpaired) electrons. The molecule has 2 heterocycles. The van der Waals surface area contributed by atoms with E-state index in [0.717, 1.165) is 11.1 Å². The lowest BCUT2D eigenvalue weighted by Crippen LogP contribution is -2.22. The van der Waals surface area contributed by atoms with Crippen LogP contribution in [0.25, 0.3) is 10.9 Å². The van der Waals surface area contributed by atoms with Crippen molar-refractivity contribution >= 4 is 34.5 Å². The van der Waals surface area contributed by atoms with E-state index in [4.69, 9.17) is 12.2 Å². The van der Waals surface area contributed by atoms with Gasteiger partial charge in [0.15, 0.2) is 4.77 Å². The summed E-state index contributed by atoms with van der Waals surface area (Å²) in [5.74, 6) is 0. The molecule has 0 amide bonds. The standard InChI is InChI=1S/C13H10N2OS2/c16-12-10-3-1-2-4-11(10)14-13(17)15(12)7-9-5-6-18-8-9/h1-6,8H,7H2,(H,14,17). The van der Waals surface area contributed by atoms with E-state index in [1.54, 1.807) is 15.9 Å². The smallest absolute Gasteiger partial charge is 0.262 e. The first-order valence-electron chi connectivity index (χ1n) is 5.48. The predicted octanol–water partition coefficient (Wildman–Crippen LogP) is 3.17. The number of rotatable bonds is 2. The average molecular weight is 274 g/mol. The van der Waals surface area contributed by atoms with E-state index >= 15 is 0 Å². The Morgan fingerprint density at radius 1 is 1.28 bits per heavy atom. The Bertz CT molecular complexity index is 800. The minimum Gasteiger partial charge on any atom is -0.332 e. The zero-order valence-electron chi connectivity index (χ0n) is 9.42. The van der Waals surface area contributed by atoms with Gasteiger partial charge in [-0.1, -0.05) is 12.1 Å². The molecule has 0 bridgehead atoms. The lowest BCUT2D eigenvalue weighted by Gasteiger charge is -2.06. The van der Waals surface area contributed by atoms with Crippen LogP contribution in [-0.4, -0.2) is 9.55 Å². The molecule has 0 aliphatic heterocycles. The Kier molecular flexibility index (Phi) is 2.85. The van der Waals surface area contributed by atoms with E-state index in [-0.39, 0.29) is 5.56 Å². The summed E-state index contributed by atoms with van der Waals surface area (Å²) >= 11 is 6.87. The first-order valence-corrected chi connectivity index (χ1v) is 6.84. The maximum Gasteiger partial charge on any atom is 0.262 e. The van der Waals surface area contributed by atoms with Gasteiger partial charge < -0.3 is 4.98 Å². The van der Waals surface area contributed by atoms with Crippen molar-refractivity contribution < 1.29 is 0 Å². The van der Waals surface area contributed by atoms with E-state index in [1.165, 1.54) is 0 Å². The van der Waals surface area contributed by atoms with E-state index in [2.05, 4.69) is 4.98 Å². The second kappa shape index (κ2) is 4.51. The third kappa shape index (κ3) is 1.91. The summed E-state index contributed by atoms with van der Waals surface area (Å²) in [6, 6.07) is 9.42. The van der Waals surface area contributed by atoms with Crippen molar-refractivity contribution in [2.75, 3.05) is 0 Å². The number of nitrogens with one attached hydrogen (secondary N) is 1. The number of thiophene rings is 1. The van der Waals surface area contributed by atoms with Gasteiger partial charge in [0.1, 0.15) is 0 Å². The molecule has 0 aliphatic carbocycles. The van der Waals surface area contributed by atoms with E-state index in [0.29, 0.717) is 16.7 Å². The Balaban J connectivity index is 2.23. The van der Waals surface area contributed by atoms with Crippen molar-refractivity contribution in [3.05, 3.63) is 61.8 Å². The average Bonchev–Trinajstić information content (AvgIpc) is 2.87. The summed E-state index contributed by atoms with van der Waals surface area (Å²) < 4.78 is 2.06. The van der Waals surface area contributed by atoms with Crippen LogP contribution in [-0.2, 0) is 6.54 Å². The SMILES string of the molecule is O=c1c2ccccc2[nH]c(=S)n1Cc1ccsc1. The molecule has 1 N–H and O–H groups in total. The molecule has 5 heteroatoms. The molecule has 0 spiro atoms. The van der Waals surface area contributed by atoms with Crippen molar-refractivity contribution in [3.63, 3.8) is 0 Å². The molecule has 0 atom stereocenters. The highest BCUT2D eigenvalue weighted by molar-refractivity contribution is 7.71. The first-order chi connectivity index (χ1) is 8.75. The van der Waals surface area contributed by atoms with E-state index in [1.807, 2.05) is 41.1 Å². The van der Waals surface area contributed by atoms with Crippen molar-refractivity contribution in [2.24, 2.45) is 0 Å². The van der Waals surface area contributed by atoms with Crippen LogP contribution >= 0.6 is 23.6 Å². The van der Waals surface area contributed by atoms with Crippen molar-refractivity contribution in [1.29, 1.82) is 0 Å². The molecule has 0 fully saturated rings. The molecular formula is C13H10N2OS2. The highest BCUT2D eigenvalue weighted by Gasteiger charge is 2.05. The van der Waals surface area contributed by atoms with Gasteiger partial charge in [-0.05, 0) is 46.7 Å². The molecule has 0 aliphatic rings. The number of nitrogens with zero attached hydrogens (tertiary/aromatic N) is 1. The van der Waals surface area contributed by atoms with Crippen LogP contribution in [0.15, 0.2) is 45.9 Å². The summed E-state index contributed by atoms with van der Waals surface area (Å²) in [5.41, 5.74) is 1.84. The molecule has 1 aromatic carbocycles. The molecule has 0 unspecified atom stereocenters. The summed E-state index contributed by atoms with van der Waals surface area (Å²) in [7, 11) is 0. The van der Waals surface area contributed by atoms with Gasteiger partial charge in [-0.3, -0.25) is 9.36 Å². The highest BCUT2D eigenvalue weighted by Crippen LogP contribution is 2.10. The van der Waals surface area contributed by atoms with Gasteiger partial charge in [-0.2, -0.15) is 11.3 Å². The number of para-hydroxylation sites is 1. The summed E-state index contributed by atoms with van der Waals surface area (Å²) in [4.78, 5) is 15.4. The second-order valence-electron chi connectivity index (χ2n) is 4.00. The van der Waals surface area contributed by atoms with Crippen molar-refractivity contribution in [2.45, 2.75) is 6.54 Å². The normalized spacial score (nSPS) is 10.9. The minimum atomic E-state index is -0.0412. The van der Waals surface area contributed by atoms with Crippen LogP contribution in [0.1, 0.15) is 5.56 Å². The minimum absolute atomic E-state index is 0.0412. The summed E-state index contributed by atoms with van der Waals surface area (Å²) in [5, 5.41) is 4.69. The maximum atomic E-state index is 12.4. The number of H-pyrrole nitrogens is 1. The van der Waals surface area contributed by atoms with Gasteiger partial charge in [0, 0.05) is 0 Å². The van der Waals surface area contributed by atoms with Crippen LogP contribution in [0, 0.1) is 4.77 Å². The summed E-state index contributed by atoms with van der Waals surface area (Å²) in [6.07, 6.45) is 0. The molecule has 0 saturated carbocycles. The van der Waals surface area contributed by atoms with Gasteiger partial charge >= 0.3 is 0 Å². The first kappa shape index (κ1) is 11.4. The fraction of sp³-hybridized carbons (Fsp3) is 0.0769. The number of benzene rings is 1. The van der Waals surface area contributed by atoms with E-state index < -0.39 is 0 Å². The summed E-state index contributed by atoms with van der Waals surface area (Å²) in [6.45, 7) is 0.516. The molecule has 18 heavy (non-hydrogen) atoms. The topological polar surface area (TPSA) is 37.8 Å². The zero-order valence-corrected chi connectivity index (χ0v) is 11.1. The molecule has 2 aromatic heterocycles. The number of hydrogen-bond donors (Lipinski definition) is 1. The predicted molar refractivity (Wildman–Crippen MR) is 76.8 cm³/mol. The van der Waals surface area contributed by atoms with Crippen LogP contribution in [0.2, 0.25) is 0 Å². The van der Waals surface area contributed by atoms with Crippen LogP contribution in [0.5, 0.6) is 0 Å². The second-order valence-corrected chi connectivity index (χ2v) is 5.17. The Morgan fingerprint density at radius 3 is 2.89 bits per heavy atom. The van der Waals surface area contributed by atoms with Crippen LogP contribution in [0.4, 0.5) is 0 Å². The van der Waals surface area contributed by atoms with Gasteiger partial charge in [0.25, 0.3) is 5.56 Å². The maximum absolute atomic E-state index is 12.4. The van der Waals surface area contributed by atoms with Crippen molar-refractivity contribution in [3.8, 4) is 0 Å². The molecule has 0 saturated heterocycles. The van der Waals surface area contributed by atoms with Crippen molar-refractivity contribution in [1.82, 2.24) is 9.55 Å². The third-order valence-corrected chi connectivity index (χ3v) is 3.86. The van der Waals surface area contributed by atoms with Gasteiger partial charge in [0.2, 0.25) is 0 Å². The fourth-order valence-electron chi connectivity index (χ4n) is 1.91. The fourth-order valence-corrected chi connectivity index (χ4v) is 2.82. The molecule has 3 nitrogen and oxygen atoms in total. The monoisotopic (exact) mass is 274 g/mol. The van der Waals surface area contributed by atoms with Crippen LogP contribution < -0.4 is 5.56 Å². The van der Waals surface area contributed by atoms with Gasteiger partial charge in [-0.25, -0.2) is 0 Å². The molecule has 3 aromatic rings. The molecule has 90 valence electrons. The number of hydrogen-bond acceptors (Lipinski definition) is 3. The van der Waals surface area contributed by atoms with Crippen LogP contribution in [0.3, 0.4) is 0 Å². The molecule has 3 rings (SSSR count). The lowest BCUT2D eigenvalue weighted by atomic mass is 10.2. The Labute approximate surface area is 112 Å². The quantitative estimate of drug-likeness (QED) is 0.729. The van der Waals surface area contributed by atoms with Gasteiger partial charge in [-0.15, -0.1) is 0 Å². The zero-order chi connectivity index (χ0) is 12.5. The molecular weight excluding hydrogens is 264 g/mol.